The van der Waals surface area contributed by atoms with E-state index in [2.05, 4.69) is 10.6 Å². The first-order valence-corrected chi connectivity index (χ1v) is 9.61. The van der Waals surface area contributed by atoms with Crippen molar-refractivity contribution in [2.45, 2.75) is 32.4 Å². The van der Waals surface area contributed by atoms with E-state index in [9.17, 15) is 13.2 Å². The molecular formula is C13H21N3O3S2. The van der Waals surface area contributed by atoms with Crippen LogP contribution in [0, 0.1) is 0 Å². The number of sulfonamides is 1. The van der Waals surface area contributed by atoms with Gasteiger partial charge in [-0.15, -0.1) is 11.3 Å². The summed E-state index contributed by atoms with van der Waals surface area (Å²) in [6.45, 7) is 3.32. The van der Waals surface area contributed by atoms with Crippen LogP contribution in [0.25, 0.3) is 0 Å². The highest BCUT2D eigenvalue weighted by molar-refractivity contribution is 7.88. The number of amides is 1. The standard InChI is InChI=1S/C13H21N3O3S2/c1-10(17)15-12-5-8-20-13(12)9-14-11-3-6-16(7-4-11)21(2,18)19/h5,8,11,14H,3-4,6-7,9H2,1-2H3,(H,15,17). The number of nitrogens with zero attached hydrogens (tertiary/aromatic N) is 1. The Bertz CT molecular complexity index is 590. The van der Waals surface area contributed by atoms with Crippen molar-refractivity contribution in [3.8, 4) is 0 Å². The zero-order valence-corrected chi connectivity index (χ0v) is 13.9. The summed E-state index contributed by atoms with van der Waals surface area (Å²) in [5, 5.41) is 8.21. The number of carbonyl (C=O) groups excluding carboxylic acids is 1. The number of carbonyl (C=O) groups is 1. The molecule has 2 N–H and O–H groups in total. The van der Waals surface area contributed by atoms with Crippen molar-refractivity contribution < 1.29 is 13.2 Å². The second-order valence-corrected chi connectivity index (χ2v) is 8.24. The van der Waals surface area contributed by atoms with Gasteiger partial charge in [-0.3, -0.25) is 4.79 Å². The normalized spacial score (nSPS) is 17.8. The number of hydrogen-bond acceptors (Lipinski definition) is 5. The molecule has 0 aliphatic carbocycles. The van der Waals surface area contributed by atoms with Crippen LogP contribution in [0.5, 0.6) is 0 Å². The largest absolute Gasteiger partial charge is 0.325 e. The van der Waals surface area contributed by atoms with E-state index in [4.69, 9.17) is 0 Å². The maximum Gasteiger partial charge on any atom is 0.221 e. The molecule has 0 unspecified atom stereocenters. The highest BCUT2D eigenvalue weighted by Crippen LogP contribution is 2.23. The molecule has 0 bridgehead atoms. The average Bonchev–Trinajstić information content (AvgIpc) is 2.82. The molecule has 1 aromatic rings. The molecule has 1 saturated heterocycles. The molecule has 0 aromatic carbocycles. The van der Waals surface area contributed by atoms with Crippen molar-refractivity contribution in [1.82, 2.24) is 9.62 Å². The molecule has 0 spiro atoms. The highest BCUT2D eigenvalue weighted by Gasteiger charge is 2.24. The smallest absolute Gasteiger partial charge is 0.221 e. The van der Waals surface area contributed by atoms with Gasteiger partial charge in [0, 0.05) is 37.5 Å². The topological polar surface area (TPSA) is 78.5 Å². The van der Waals surface area contributed by atoms with E-state index >= 15 is 0 Å². The lowest BCUT2D eigenvalue weighted by atomic mass is 10.1. The van der Waals surface area contributed by atoms with E-state index in [-0.39, 0.29) is 5.91 Å². The second-order valence-electron chi connectivity index (χ2n) is 5.26. The van der Waals surface area contributed by atoms with Crippen LogP contribution < -0.4 is 10.6 Å². The maximum atomic E-state index is 11.5. The fourth-order valence-corrected chi connectivity index (χ4v) is 4.06. The Balaban J connectivity index is 1.83. The second kappa shape index (κ2) is 6.87. The summed E-state index contributed by atoms with van der Waals surface area (Å²) in [6.07, 6.45) is 2.88. The molecule has 21 heavy (non-hydrogen) atoms. The van der Waals surface area contributed by atoms with E-state index in [1.807, 2.05) is 11.4 Å². The van der Waals surface area contributed by atoms with Gasteiger partial charge in [-0.1, -0.05) is 0 Å². The molecule has 1 aliphatic heterocycles. The summed E-state index contributed by atoms with van der Waals surface area (Å²) in [4.78, 5) is 12.2. The predicted molar refractivity (Wildman–Crippen MR) is 84.9 cm³/mol. The number of nitrogens with one attached hydrogen (secondary N) is 2. The van der Waals surface area contributed by atoms with Gasteiger partial charge >= 0.3 is 0 Å². The Morgan fingerprint density at radius 1 is 1.43 bits per heavy atom. The molecule has 6 nitrogen and oxygen atoms in total. The lowest BCUT2D eigenvalue weighted by molar-refractivity contribution is -0.114. The third-order valence-electron chi connectivity index (χ3n) is 3.53. The zero-order valence-electron chi connectivity index (χ0n) is 12.3. The first kappa shape index (κ1) is 16.4. The molecule has 1 aromatic heterocycles. The van der Waals surface area contributed by atoms with Crippen LogP contribution in [0.4, 0.5) is 5.69 Å². The number of anilines is 1. The molecule has 0 radical (unpaired) electrons. The van der Waals surface area contributed by atoms with Crippen LogP contribution in [0.1, 0.15) is 24.6 Å². The van der Waals surface area contributed by atoms with Crippen molar-refractivity contribution in [2.24, 2.45) is 0 Å². The first-order chi connectivity index (χ1) is 9.86. The minimum Gasteiger partial charge on any atom is -0.325 e. The Morgan fingerprint density at radius 3 is 2.67 bits per heavy atom. The number of piperidine rings is 1. The van der Waals surface area contributed by atoms with Crippen LogP contribution in [0.2, 0.25) is 0 Å². The minimum atomic E-state index is -3.07. The van der Waals surface area contributed by atoms with Crippen LogP contribution in [-0.4, -0.2) is 44.0 Å². The molecule has 1 fully saturated rings. The highest BCUT2D eigenvalue weighted by atomic mass is 32.2. The lowest BCUT2D eigenvalue weighted by Gasteiger charge is -2.30. The van der Waals surface area contributed by atoms with Gasteiger partial charge in [0.1, 0.15) is 0 Å². The zero-order chi connectivity index (χ0) is 15.5. The lowest BCUT2D eigenvalue weighted by Crippen LogP contribution is -2.44. The van der Waals surface area contributed by atoms with Gasteiger partial charge in [-0.05, 0) is 24.3 Å². The minimum absolute atomic E-state index is 0.0730. The van der Waals surface area contributed by atoms with Crippen LogP contribution >= 0.6 is 11.3 Å². The van der Waals surface area contributed by atoms with Gasteiger partial charge in [0.05, 0.1) is 11.9 Å². The summed E-state index contributed by atoms with van der Waals surface area (Å²) >= 11 is 1.60. The monoisotopic (exact) mass is 331 g/mol. The quantitative estimate of drug-likeness (QED) is 0.850. The predicted octanol–water partition coefficient (Wildman–Crippen LogP) is 1.22. The number of thiophene rings is 1. The Kier molecular flexibility index (Phi) is 5.37. The molecular weight excluding hydrogens is 310 g/mol. The van der Waals surface area contributed by atoms with E-state index < -0.39 is 10.0 Å². The van der Waals surface area contributed by atoms with Gasteiger partial charge in [-0.25, -0.2) is 12.7 Å². The summed E-state index contributed by atoms with van der Waals surface area (Å²) in [5.41, 5.74) is 0.855. The molecule has 1 amide bonds. The molecule has 2 heterocycles. The number of rotatable bonds is 5. The Labute approximate surface area is 129 Å². The maximum absolute atomic E-state index is 11.5. The summed E-state index contributed by atoms with van der Waals surface area (Å²) in [5.74, 6) is -0.0730. The summed E-state index contributed by atoms with van der Waals surface area (Å²) < 4.78 is 24.4. The average molecular weight is 331 g/mol. The molecule has 118 valence electrons. The Morgan fingerprint density at radius 2 is 2.10 bits per heavy atom. The van der Waals surface area contributed by atoms with Gasteiger partial charge in [-0.2, -0.15) is 0 Å². The van der Waals surface area contributed by atoms with Crippen LogP contribution in [-0.2, 0) is 21.4 Å². The molecule has 2 rings (SSSR count). The van der Waals surface area contributed by atoms with Crippen molar-refractivity contribution in [2.75, 3.05) is 24.7 Å². The van der Waals surface area contributed by atoms with Crippen LogP contribution in [0.3, 0.4) is 0 Å². The third kappa shape index (κ3) is 4.77. The fraction of sp³-hybridized carbons (Fsp3) is 0.615. The van der Waals surface area contributed by atoms with E-state index in [0.29, 0.717) is 25.7 Å². The van der Waals surface area contributed by atoms with E-state index in [0.717, 1.165) is 23.4 Å². The Hall–Kier alpha value is -0.960. The van der Waals surface area contributed by atoms with Crippen molar-refractivity contribution in [3.05, 3.63) is 16.3 Å². The van der Waals surface area contributed by atoms with Crippen molar-refractivity contribution in [1.29, 1.82) is 0 Å². The van der Waals surface area contributed by atoms with Crippen molar-refractivity contribution in [3.63, 3.8) is 0 Å². The van der Waals surface area contributed by atoms with Crippen molar-refractivity contribution >= 4 is 33.0 Å². The number of hydrogen-bond donors (Lipinski definition) is 2. The van der Waals surface area contributed by atoms with E-state index in [1.165, 1.54) is 17.5 Å². The summed E-state index contributed by atoms with van der Waals surface area (Å²) in [6, 6.07) is 2.21. The molecule has 8 heteroatoms. The van der Waals surface area contributed by atoms with Gasteiger partial charge < -0.3 is 10.6 Å². The molecule has 0 atom stereocenters. The fourth-order valence-electron chi connectivity index (χ4n) is 2.41. The summed E-state index contributed by atoms with van der Waals surface area (Å²) in [7, 11) is -3.07. The van der Waals surface area contributed by atoms with E-state index in [1.54, 1.807) is 11.3 Å². The SMILES string of the molecule is CC(=O)Nc1ccsc1CNC1CCN(S(C)(=O)=O)CC1. The van der Waals surface area contributed by atoms with Crippen LogP contribution in [0.15, 0.2) is 11.4 Å². The third-order valence-corrected chi connectivity index (χ3v) is 5.75. The van der Waals surface area contributed by atoms with Gasteiger partial charge in [0.25, 0.3) is 0 Å². The molecule has 1 aliphatic rings. The van der Waals surface area contributed by atoms with Gasteiger partial charge in [0.15, 0.2) is 0 Å². The van der Waals surface area contributed by atoms with Gasteiger partial charge in [0.2, 0.25) is 15.9 Å². The molecule has 0 saturated carbocycles. The first-order valence-electron chi connectivity index (χ1n) is 6.88.